The van der Waals surface area contributed by atoms with Gasteiger partial charge in [-0.2, -0.15) is 5.21 Å². The summed E-state index contributed by atoms with van der Waals surface area (Å²) in [6.45, 7) is 29.9. The highest BCUT2D eigenvalue weighted by Gasteiger charge is 2.26. The summed E-state index contributed by atoms with van der Waals surface area (Å²) in [5, 5.41) is 30.8. The van der Waals surface area contributed by atoms with Crippen LogP contribution in [0.15, 0.2) is 42.6 Å². The largest absolute Gasteiger partial charge is 0.393 e. The van der Waals surface area contributed by atoms with Crippen molar-refractivity contribution in [2.45, 2.75) is 129 Å². The lowest BCUT2D eigenvalue weighted by molar-refractivity contribution is -0.137. The molecule has 64 heavy (non-hydrogen) atoms. The highest BCUT2D eigenvalue weighted by molar-refractivity contribution is 5.92. The molecule has 3 aliphatic heterocycles. The van der Waals surface area contributed by atoms with E-state index in [2.05, 4.69) is 43.2 Å². The molecule has 3 aliphatic rings. The van der Waals surface area contributed by atoms with Crippen LogP contribution in [-0.4, -0.2) is 128 Å². The van der Waals surface area contributed by atoms with Gasteiger partial charge in [-0.05, 0) is 44.7 Å². The van der Waals surface area contributed by atoms with Crippen LogP contribution in [-0.2, 0) is 35.3 Å². The van der Waals surface area contributed by atoms with Crippen molar-refractivity contribution in [3.63, 3.8) is 0 Å². The number of aliphatic hydroxyl groups is 1. The number of anilines is 1. The van der Waals surface area contributed by atoms with Crippen LogP contribution in [0, 0.1) is 35.5 Å². The monoisotopic (exact) mass is 901 g/mol. The number of rotatable bonds is 9. The number of piperazine rings is 1. The van der Waals surface area contributed by atoms with Gasteiger partial charge in [0.2, 0.25) is 29.5 Å². The number of H-pyrrole nitrogens is 1. The van der Waals surface area contributed by atoms with Gasteiger partial charge in [-0.25, -0.2) is 0 Å². The molecule has 0 saturated carbocycles. The van der Waals surface area contributed by atoms with E-state index in [1.807, 2.05) is 114 Å². The molecule has 17 nitrogen and oxygen atoms in total. The normalized spacial score (nSPS) is 15.0. The Bertz CT molecular complexity index is 1650. The number of aromatic nitrogens is 4. The first kappa shape index (κ1) is 60.9. The van der Waals surface area contributed by atoms with Gasteiger partial charge in [-0.1, -0.05) is 114 Å². The molecular weight excluding hydrogens is 817 g/mol. The van der Waals surface area contributed by atoms with E-state index in [4.69, 9.17) is 0 Å². The number of carbonyl (C=O) groups is 6. The second-order valence-corrected chi connectivity index (χ2v) is 17.2. The Kier molecular flexibility index (Phi) is 30.9. The van der Waals surface area contributed by atoms with Crippen LogP contribution >= 0.6 is 0 Å². The van der Waals surface area contributed by atoms with Crippen molar-refractivity contribution in [1.29, 1.82) is 0 Å². The van der Waals surface area contributed by atoms with Crippen molar-refractivity contribution in [2.75, 3.05) is 51.1 Å². The number of aromatic amines is 1. The fourth-order valence-electron chi connectivity index (χ4n) is 6.04. The molecule has 0 unspecified atom stereocenters. The summed E-state index contributed by atoms with van der Waals surface area (Å²) in [6.07, 6.45) is 2.96. The third-order valence-corrected chi connectivity index (χ3v) is 9.99. The molecule has 1 aromatic carbocycles. The molecule has 3 fully saturated rings. The number of nitrogens with zero attached hydrogens (tertiary/aromatic N) is 6. The van der Waals surface area contributed by atoms with Crippen molar-refractivity contribution in [2.24, 2.45) is 35.5 Å². The molecule has 1 aromatic heterocycles. The molecule has 0 aliphatic carbocycles. The Hall–Kier alpha value is -5.19. The highest BCUT2D eigenvalue weighted by atomic mass is 16.3. The van der Waals surface area contributed by atoms with E-state index in [9.17, 15) is 33.9 Å². The molecule has 0 atom stereocenters. The Labute approximate surface area is 384 Å². The predicted molar refractivity (Wildman–Crippen MR) is 254 cm³/mol. The molecule has 17 heteroatoms. The highest BCUT2D eigenvalue weighted by Crippen LogP contribution is 2.19. The number of nitrogens with one attached hydrogen (secondary N) is 4. The number of hydrogen-bond acceptors (Lipinski definition) is 11. The first-order valence-corrected chi connectivity index (χ1v) is 22.0. The Morgan fingerprint density at radius 3 is 1.58 bits per heavy atom. The fourth-order valence-corrected chi connectivity index (χ4v) is 6.04. The molecule has 5 N–H and O–H groups in total. The van der Waals surface area contributed by atoms with E-state index < -0.39 is 0 Å². The zero-order chi connectivity index (χ0) is 46.9. The molecule has 0 spiro atoms. The number of ketones is 1. The second-order valence-electron chi connectivity index (χ2n) is 17.2. The minimum absolute atomic E-state index is 0. The average molecular weight is 901 g/mol. The maximum Gasteiger partial charge on any atom is 0.226 e. The minimum atomic E-state index is -0.193. The van der Waals surface area contributed by atoms with Crippen molar-refractivity contribution in [1.82, 2.24) is 46.0 Å². The van der Waals surface area contributed by atoms with Gasteiger partial charge in [0.15, 0.2) is 5.82 Å². The van der Waals surface area contributed by atoms with Gasteiger partial charge in [-0.15, -0.1) is 10.2 Å². The van der Waals surface area contributed by atoms with Crippen LogP contribution < -0.4 is 16.0 Å². The van der Waals surface area contributed by atoms with Crippen LogP contribution in [0.5, 0.6) is 0 Å². The average Bonchev–Trinajstić information content (AvgIpc) is 3.77. The molecular formula is C47H84N10O7. The number of hydrogen-bond donors (Lipinski definition) is 5. The van der Waals surface area contributed by atoms with E-state index in [1.54, 1.807) is 6.92 Å². The van der Waals surface area contributed by atoms with E-state index in [0.717, 1.165) is 76.3 Å². The lowest BCUT2D eigenvalue weighted by atomic mass is 9.93. The Morgan fingerprint density at radius 2 is 1.17 bits per heavy atom. The lowest BCUT2D eigenvalue weighted by Crippen LogP contribution is -2.46. The first-order chi connectivity index (χ1) is 29.1. The summed E-state index contributed by atoms with van der Waals surface area (Å²) in [6, 6.07) is 9.47. The van der Waals surface area contributed by atoms with Gasteiger partial charge < -0.3 is 35.8 Å². The fraction of sp³-hybridized carbons (Fsp3) is 0.681. The van der Waals surface area contributed by atoms with Crippen LogP contribution in [0.25, 0.3) is 0 Å². The summed E-state index contributed by atoms with van der Waals surface area (Å²) in [7, 11) is 0. The number of para-hydroxylation sites is 1. The van der Waals surface area contributed by atoms with Gasteiger partial charge in [0, 0.05) is 86.2 Å². The van der Waals surface area contributed by atoms with Crippen LogP contribution in [0.1, 0.15) is 123 Å². The zero-order valence-corrected chi connectivity index (χ0v) is 39.2. The first-order valence-electron chi connectivity index (χ1n) is 22.0. The van der Waals surface area contributed by atoms with Gasteiger partial charge in [-0.3, -0.25) is 28.8 Å². The summed E-state index contributed by atoms with van der Waals surface area (Å²) in [4.78, 5) is 73.5. The van der Waals surface area contributed by atoms with Gasteiger partial charge in [0.05, 0.1) is 19.2 Å². The number of benzene rings is 1. The predicted octanol–water partition coefficient (Wildman–Crippen LogP) is 5.71. The maximum absolute atomic E-state index is 11.6. The lowest BCUT2D eigenvalue weighted by Gasteiger charge is -2.32. The molecule has 5 amide bonds. The molecule has 5 rings (SSSR count). The summed E-state index contributed by atoms with van der Waals surface area (Å²) < 4.78 is 0. The number of likely N-dealkylation sites (tertiary alicyclic amines) is 2. The van der Waals surface area contributed by atoms with Gasteiger partial charge >= 0.3 is 0 Å². The van der Waals surface area contributed by atoms with Crippen molar-refractivity contribution < 1.29 is 33.9 Å². The third kappa shape index (κ3) is 24.6. The van der Waals surface area contributed by atoms with Crippen molar-refractivity contribution >= 4 is 41.0 Å². The van der Waals surface area contributed by atoms with Gasteiger partial charge in [0.25, 0.3) is 0 Å². The number of amides is 5. The number of Topliss-reactive ketones (excluding diaryl/α,β-unsaturated/α-hetero) is 1. The van der Waals surface area contributed by atoms with E-state index in [0.29, 0.717) is 18.9 Å². The molecule has 364 valence electrons. The van der Waals surface area contributed by atoms with E-state index in [1.165, 1.54) is 0 Å². The molecule has 3 saturated heterocycles. The molecule has 0 bridgehead atoms. The Morgan fingerprint density at radius 1 is 0.703 bits per heavy atom. The SMILES string of the molecule is C.C.C=C1CN(C(=O)C(C)C)CCN1.CC(=O)C1CCN(C(=O)C(C)C)CC1.CC(C)C(=O)N1CCC(O)CC1.CC(C)C(=O)NCc1nn[nH]n1.CC(C)C(=O)Nc1ccccc1. The number of aliphatic hydroxyl groups excluding tert-OH is 1. The quantitative estimate of drug-likeness (QED) is 0.205. The number of piperidine rings is 2. The summed E-state index contributed by atoms with van der Waals surface area (Å²) in [5.74, 6) is 1.89. The maximum atomic E-state index is 11.6. The topological polar surface area (TPSA) is 223 Å². The van der Waals surface area contributed by atoms with Crippen LogP contribution in [0.2, 0.25) is 0 Å². The number of carbonyl (C=O) groups excluding carboxylic acids is 6. The standard InChI is InChI=1S/C11H19NO2.C10H13NO.C9H16N2O.C9H17NO2.C6H11N5O.2CH4/c1-8(2)11(14)12-6-4-10(5-7-12)9(3)13;1-8(2)10(12)11-9-6-4-3-5-7-9;1-7(2)9(12)11-5-4-10-8(3)6-11;1-7(2)9(12)10-5-3-8(11)4-6-10;1-4(2)6(12)7-3-5-8-10-11-9-5;;/h8,10H,4-7H2,1-3H3;3-8H,1-2H3,(H,11,12);7,10H,3-6H2,1-2H3;7-8,11H,3-6H2,1-2H3;4H,3H2,1-2H3,(H,7,12)(H,8,9,10,11);2*1H4. The Balaban J connectivity index is 0. The van der Waals surface area contributed by atoms with Gasteiger partial charge in [0.1, 0.15) is 5.78 Å². The molecule has 0 radical (unpaired) electrons. The van der Waals surface area contributed by atoms with Crippen molar-refractivity contribution in [3.8, 4) is 0 Å². The smallest absolute Gasteiger partial charge is 0.226 e. The summed E-state index contributed by atoms with van der Waals surface area (Å²) in [5.41, 5.74) is 1.80. The molecule has 2 aromatic rings. The third-order valence-electron chi connectivity index (χ3n) is 9.99. The second kappa shape index (κ2) is 32.5. The van der Waals surface area contributed by atoms with E-state index in [-0.39, 0.29) is 91.8 Å². The zero-order valence-electron chi connectivity index (χ0n) is 39.2. The molecule has 4 heterocycles. The van der Waals surface area contributed by atoms with E-state index >= 15 is 0 Å². The number of tetrazole rings is 1. The van der Waals surface area contributed by atoms with Crippen molar-refractivity contribution in [3.05, 3.63) is 48.4 Å². The van der Waals surface area contributed by atoms with Crippen LogP contribution in [0.3, 0.4) is 0 Å². The summed E-state index contributed by atoms with van der Waals surface area (Å²) >= 11 is 0. The van der Waals surface area contributed by atoms with Crippen LogP contribution in [0.4, 0.5) is 5.69 Å². The minimum Gasteiger partial charge on any atom is -0.393 e.